The van der Waals surface area contributed by atoms with E-state index in [-0.39, 0.29) is 22.9 Å². The van der Waals surface area contributed by atoms with Crippen molar-refractivity contribution in [1.82, 2.24) is 4.90 Å². The molecule has 0 aromatic heterocycles. The van der Waals surface area contributed by atoms with E-state index in [4.69, 9.17) is 0 Å². The minimum absolute atomic E-state index is 0.0687. The Kier molecular flexibility index (Phi) is 4.01. The molecule has 0 N–H and O–H groups in total. The summed E-state index contributed by atoms with van der Waals surface area (Å²) < 4.78 is 0. The number of nitrogens with zero attached hydrogens (tertiary/aromatic N) is 2. The highest BCUT2D eigenvalue weighted by Gasteiger charge is 2.60. The molecule has 1 spiro atoms. The number of carbonyl (C=O) groups is 2. The Morgan fingerprint density at radius 2 is 1.52 bits per heavy atom. The van der Waals surface area contributed by atoms with Crippen molar-refractivity contribution < 1.29 is 9.59 Å². The van der Waals surface area contributed by atoms with Gasteiger partial charge in [-0.15, -0.1) is 11.8 Å². The third kappa shape index (κ3) is 2.59. The third-order valence-electron chi connectivity index (χ3n) is 6.22. The van der Waals surface area contributed by atoms with E-state index in [2.05, 4.69) is 30.3 Å². The summed E-state index contributed by atoms with van der Waals surface area (Å²) in [7, 11) is 0. The van der Waals surface area contributed by atoms with Crippen molar-refractivity contribution in [2.75, 3.05) is 10.7 Å². The van der Waals surface area contributed by atoms with Gasteiger partial charge in [0.25, 0.3) is 5.91 Å². The molecule has 2 saturated heterocycles. The first kappa shape index (κ1) is 16.9. The summed E-state index contributed by atoms with van der Waals surface area (Å²) in [4.78, 5) is 29.3. The summed E-state index contributed by atoms with van der Waals surface area (Å²) in [5.74, 6) is 1.19. The van der Waals surface area contributed by atoms with Crippen LogP contribution in [0.15, 0.2) is 60.7 Å². The Morgan fingerprint density at radius 3 is 2.19 bits per heavy atom. The molecule has 2 aromatic carbocycles. The Labute approximate surface area is 163 Å². The zero-order valence-corrected chi connectivity index (χ0v) is 15.9. The van der Waals surface area contributed by atoms with E-state index in [0.717, 1.165) is 25.7 Å². The van der Waals surface area contributed by atoms with Crippen molar-refractivity contribution in [2.24, 2.45) is 0 Å². The predicted molar refractivity (Wildman–Crippen MR) is 108 cm³/mol. The van der Waals surface area contributed by atoms with E-state index < -0.39 is 0 Å². The first-order valence-electron chi connectivity index (χ1n) is 9.61. The molecule has 2 heterocycles. The summed E-state index contributed by atoms with van der Waals surface area (Å²) >= 11 is 1.82. The van der Waals surface area contributed by atoms with E-state index in [9.17, 15) is 9.59 Å². The fraction of sp³-hybridized carbons (Fsp3) is 0.364. The van der Waals surface area contributed by atoms with Gasteiger partial charge in [0, 0.05) is 5.75 Å². The molecule has 1 atom stereocenters. The maximum Gasteiger partial charge on any atom is 0.333 e. The van der Waals surface area contributed by atoms with Gasteiger partial charge in [-0.3, -0.25) is 9.69 Å². The smallest absolute Gasteiger partial charge is 0.296 e. The summed E-state index contributed by atoms with van der Waals surface area (Å²) in [6, 6.07) is 19.5. The average molecular weight is 378 g/mol. The van der Waals surface area contributed by atoms with Crippen LogP contribution in [-0.4, -0.2) is 33.5 Å². The summed E-state index contributed by atoms with van der Waals surface area (Å²) in [5, 5.41) is 0. The number of rotatable bonds is 2. The number of urea groups is 1. The van der Waals surface area contributed by atoms with Gasteiger partial charge in [0.2, 0.25) is 0 Å². The van der Waals surface area contributed by atoms with Crippen LogP contribution in [-0.2, 0) is 4.79 Å². The topological polar surface area (TPSA) is 40.6 Å². The molecule has 1 saturated carbocycles. The Morgan fingerprint density at radius 1 is 0.889 bits per heavy atom. The minimum Gasteiger partial charge on any atom is -0.296 e. The quantitative estimate of drug-likeness (QED) is 0.716. The van der Waals surface area contributed by atoms with Gasteiger partial charge in [0.15, 0.2) is 0 Å². The van der Waals surface area contributed by atoms with Gasteiger partial charge in [-0.2, -0.15) is 0 Å². The molecule has 0 unspecified atom stereocenters. The van der Waals surface area contributed by atoms with Crippen LogP contribution in [0, 0.1) is 0 Å². The van der Waals surface area contributed by atoms with Gasteiger partial charge < -0.3 is 0 Å². The lowest BCUT2D eigenvalue weighted by Gasteiger charge is -2.42. The normalized spacial score (nSPS) is 30.2. The molecular weight excluding hydrogens is 356 g/mol. The second kappa shape index (κ2) is 6.41. The maximum absolute atomic E-state index is 13.2. The van der Waals surface area contributed by atoms with Crippen LogP contribution in [0.4, 0.5) is 10.5 Å². The van der Waals surface area contributed by atoms with E-state index in [1.165, 1.54) is 10.5 Å². The van der Waals surface area contributed by atoms with Gasteiger partial charge >= 0.3 is 6.03 Å². The van der Waals surface area contributed by atoms with Crippen LogP contribution in [0.5, 0.6) is 0 Å². The fourth-order valence-electron chi connectivity index (χ4n) is 4.83. The molecule has 3 amide bonds. The van der Waals surface area contributed by atoms with Crippen LogP contribution in [0.2, 0.25) is 0 Å². The van der Waals surface area contributed by atoms with Gasteiger partial charge in [-0.1, -0.05) is 48.5 Å². The van der Waals surface area contributed by atoms with Crippen molar-refractivity contribution in [1.29, 1.82) is 0 Å². The zero-order valence-electron chi connectivity index (χ0n) is 15.1. The lowest BCUT2D eigenvalue weighted by Crippen LogP contribution is -2.49. The van der Waals surface area contributed by atoms with Crippen LogP contribution in [0.25, 0.3) is 0 Å². The van der Waals surface area contributed by atoms with Gasteiger partial charge in [-0.25, -0.2) is 9.69 Å². The lowest BCUT2D eigenvalue weighted by molar-refractivity contribution is -0.119. The second-order valence-electron chi connectivity index (χ2n) is 7.62. The first-order chi connectivity index (χ1) is 13.2. The number of imide groups is 1. The van der Waals surface area contributed by atoms with Crippen molar-refractivity contribution in [2.45, 2.75) is 42.5 Å². The van der Waals surface area contributed by atoms with Crippen molar-refractivity contribution in [3.8, 4) is 0 Å². The zero-order chi connectivity index (χ0) is 18.4. The summed E-state index contributed by atoms with van der Waals surface area (Å²) in [5.41, 5.74) is 2.07. The molecular formula is C22H22N2O2S. The van der Waals surface area contributed by atoms with Gasteiger partial charge in [0.05, 0.1) is 10.6 Å². The summed E-state index contributed by atoms with van der Waals surface area (Å²) in [6.45, 7) is 0. The Balaban J connectivity index is 1.39. The molecule has 3 fully saturated rings. The van der Waals surface area contributed by atoms with Crippen LogP contribution < -0.4 is 4.90 Å². The number of benzene rings is 2. The minimum atomic E-state index is -0.309. The van der Waals surface area contributed by atoms with Crippen LogP contribution in [0.3, 0.4) is 0 Å². The number of anilines is 1. The molecule has 27 heavy (non-hydrogen) atoms. The number of para-hydroxylation sites is 1. The maximum atomic E-state index is 13.2. The monoisotopic (exact) mass is 378 g/mol. The summed E-state index contributed by atoms with van der Waals surface area (Å²) in [6.07, 6.45) is 4.03. The highest BCUT2D eigenvalue weighted by molar-refractivity contribution is 8.01. The second-order valence-corrected chi connectivity index (χ2v) is 9.00. The lowest BCUT2D eigenvalue weighted by atomic mass is 9.80. The van der Waals surface area contributed by atoms with E-state index in [1.807, 2.05) is 47.0 Å². The van der Waals surface area contributed by atoms with Gasteiger partial charge in [-0.05, 0) is 49.3 Å². The number of carbonyl (C=O) groups excluding carboxylic acids is 2. The van der Waals surface area contributed by atoms with Crippen LogP contribution >= 0.6 is 11.8 Å². The number of hydrogen-bond donors (Lipinski definition) is 0. The van der Waals surface area contributed by atoms with Crippen molar-refractivity contribution in [3.05, 3.63) is 66.2 Å². The molecule has 2 aromatic rings. The molecule has 4 nitrogen and oxygen atoms in total. The number of thioether (sulfide) groups is 1. The average Bonchev–Trinajstić information content (AvgIpc) is 3.21. The molecule has 5 rings (SSSR count). The fourth-order valence-corrected chi connectivity index (χ4v) is 6.46. The standard InChI is InChI=1S/C22H22N2O2S/c25-20-19-15-27-22(13-11-17(12-14-22)16-7-3-1-4-8-16)24(19)21(26)23(20)18-9-5-2-6-10-18/h1-10,17,19H,11-15H2/t17?,19-,22?/m0/s1. The molecule has 0 radical (unpaired) electrons. The van der Waals surface area contributed by atoms with Gasteiger partial charge in [0.1, 0.15) is 6.04 Å². The largest absolute Gasteiger partial charge is 0.333 e. The van der Waals surface area contributed by atoms with Crippen molar-refractivity contribution in [3.63, 3.8) is 0 Å². The Bertz CT molecular complexity index is 862. The van der Waals surface area contributed by atoms with E-state index >= 15 is 0 Å². The van der Waals surface area contributed by atoms with E-state index in [0.29, 0.717) is 17.4 Å². The molecule has 0 bridgehead atoms. The van der Waals surface area contributed by atoms with Crippen LogP contribution in [0.1, 0.15) is 37.2 Å². The molecule has 1 aliphatic carbocycles. The molecule has 3 aliphatic rings. The van der Waals surface area contributed by atoms with E-state index in [1.54, 1.807) is 0 Å². The number of fused-ring (bicyclic) bond motifs is 2. The highest BCUT2D eigenvalue weighted by Crippen LogP contribution is 2.54. The highest BCUT2D eigenvalue weighted by atomic mass is 32.2. The third-order valence-corrected chi connectivity index (χ3v) is 7.84. The Hall–Kier alpha value is -2.27. The predicted octanol–water partition coefficient (Wildman–Crippen LogP) is 4.62. The molecule has 138 valence electrons. The number of hydrogen-bond acceptors (Lipinski definition) is 3. The SMILES string of the molecule is O=C1[C@@H]2CSC3(CCC(c4ccccc4)CC3)N2C(=O)N1c1ccccc1. The number of amides is 3. The van der Waals surface area contributed by atoms with Crippen molar-refractivity contribution >= 4 is 29.4 Å². The molecule has 2 aliphatic heterocycles. The first-order valence-corrected chi connectivity index (χ1v) is 10.6. The molecule has 5 heteroatoms.